The summed E-state index contributed by atoms with van der Waals surface area (Å²) < 4.78 is 32.2. The summed E-state index contributed by atoms with van der Waals surface area (Å²) in [5, 5.41) is 12.1. The van der Waals surface area contributed by atoms with Gasteiger partial charge in [-0.05, 0) is 56.5 Å². The highest BCUT2D eigenvalue weighted by Crippen LogP contribution is 2.24. The van der Waals surface area contributed by atoms with Gasteiger partial charge >= 0.3 is 5.91 Å². The van der Waals surface area contributed by atoms with Gasteiger partial charge in [-0.25, -0.2) is 12.7 Å². The van der Waals surface area contributed by atoms with E-state index in [-0.39, 0.29) is 23.8 Å². The van der Waals surface area contributed by atoms with Gasteiger partial charge in [0.25, 0.3) is 15.8 Å². The molecule has 1 atom stereocenters. The molecule has 0 aromatic heterocycles. The summed E-state index contributed by atoms with van der Waals surface area (Å²) in [6.45, 7) is 7.45. The lowest BCUT2D eigenvalue weighted by Gasteiger charge is -2.42. The van der Waals surface area contributed by atoms with Crippen LogP contribution < -0.4 is 9.84 Å². The Bertz CT molecular complexity index is 1270. The minimum absolute atomic E-state index is 0.223. The largest absolute Gasteiger partial charge is 0.530 e. The van der Waals surface area contributed by atoms with Crippen molar-refractivity contribution in [2.45, 2.75) is 57.5 Å². The van der Waals surface area contributed by atoms with Gasteiger partial charge in [0.05, 0.1) is 12.0 Å². The number of carbonyl (C=O) groups excluding carboxylic acids is 4. The number of amides is 2. The molecule has 0 bridgehead atoms. The minimum atomic E-state index is -4.54. The number of carbonyl (C=O) groups is 4. The molecule has 2 aromatic carbocycles. The maximum absolute atomic E-state index is 13.5. The normalized spacial score (nSPS) is 12.5. The summed E-state index contributed by atoms with van der Waals surface area (Å²) in [6, 6.07) is 11.9. The second-order valence-electron chi connectivity index (χ2n) is 10.1. The van der Waals surface area contributed by atoms with Crippen LogP contribution in [0.5, 0.6) is 5.75 Å². The molecule has 0 heterocycles. The van der Waals surface area contributed by atoms with E-state index in [2.05, 4.69) is 0 Å². The molecule has 0 unspecified atom stereocenters. The number of ketones is 2. The Morgan fingerprint density at radius 2 is 1.50 bits per heavy atom. The second kappa shape index (κ2) is 12.2. The maximum atomic E-state index is 13.5. The van der Waals surface area contributed by atoms with E-state index in [0.29, 0.717) is 20.5 Å². The van der Waals surface area contributed by atoms with Crippen LogP contribution in [0.3, 0.4) is 0 Å². The van der Waals surface area contributed by atoms with E-state index in [4.69, 9.17) is 4.74 Å². The monoisotopic (exact) mass is 545 g/mol. The third-order valence-corrected chi connectivity index (χ3v) is 7.39. The molecule has 2 aromatic rings. The second-order valence-corrected chi connectivity index (χ2v) is 12.0. The molecule has 0 N–H and O–H groups in total. The van der Waals surface area contributed by atoms with Gasteiger partial charge < -0.3 is 19.5 Å². The van der Waals surface area contributed by atoms with Gasteiger partial charge in [0, 0.05) is 18.5 Å². The van der Waals surface area contributed by atoms with Gasteiger partial charge in [-0.2, -0.15) is 0 Å². The van der Waals surface area contributed by atoms with Crippen molar-refractivity contribution in [3.8, 4) is 5.75 Å². The quantitative estimate of drug-likeness (QED) is 0.309. The molecule has 0 spiro atoms. The summed E-state index contributed by atoms with van der Waals surface area (Å²) in [7, 11) is -3.13. The smallest absolute Gasteiger partial charge is 0.311 e. The Balaban J connectivity index is 2.53. The van der Waals surface area contributed by atoms with Crippen LogP contribution in [0.15, 0.2) is 59.5 Å². The number of benzene rings is 2. The van der Waals surface area contributed by atoms with Crippen LogP contribution >= 0.6 is 0 Å². The van der Waals surface area contributed by atoms with Crippen molar-refractivity contribution in [3.63, 3.8) is 0 Å². The molecule has 2 rings (SSSR count). The summed E-state index contributed by atoms with van der Waals surface area (Å²) >= 11 is 0. The Hall–Kier alpha value is -3.73. The van der Waals surface area contributed by atoms with Crippen LogP contribution in [0.2, 0.25) is 0 Å². The standard InChI is InChI=1S/C27H34N2O8S/c1-18(2)17-28(38(35,36)21-14-12-20(37-6)13-15-21)25(32)24(31)23(30)22(16-19-10-8-7-9-11-19)29(26(33)34)27(3,4)5/h7-15,18,22H,16-17H2,1-6H3,(H,33,34)/p-1/t22-/m1/s1. The predicted molar refractivity (Wildman–Crippen MR) is 138 cm³/mol. The maximum Gasteiger partial charge on any atom is 0.311 e. The van der Waals surface area contributed by atoms with Gasteiger partial charge in [-0.15, -0.1) is 0 Å². The molecular weight excluding hydrogens is 512 g/mol. The summed E-state index contributed by atoms with van der Waals surface area (Å²) in [5.74, 6) is -4.56. The average Bonchev–Trinajstić information content (AvgIpc) is 2.85. The molecule has 11 heteroatoms. The Kier molecular flexibility index (Phi) is 9.80. The van der Waals surface area contributed by atoms with E-state index in [0.717, 1.165) is 0 Å². The van der Waals surface area contributed by atoms with Crippen molar-refractivity contribution in [3.05, 3.63) is 60.2 Å². The molecule has 0 fully saturated rings. The number of rotatable bonds is 11. The Morgan fingerprint density at radius 3 is 1.95 bits per heavy atom. The van der Waals surface area contributed by atoms with Crippen LogP contribution in [0.4, 0.5) is 4.79 Å². The van der Waals surface area contributed by atoms with E-state index < -0.39 is 45.2 Å². The van der Waals surface area contributed by atoms with Gasteiger partial charge in [0.2, 0.25) is 5.78 Å². The molecule has 2 amide bonds. The van der Waals surface area contributed by atoms with Crippen molar-refractivity contribution in [2.24, 2.45) is 5.92 Å². The van der Waals surface area contributed by atoms with E-state index >= 15 is 0 Å². The zero-order chi connectivity index (χ0) is 28.8. The number of methoxy groups -OCH3 is 1. The van der Waals surface area contributed by atoms with Gasteiger partial charge in [-0.3, -0.25) is 14.4 Å². The lowest BCUT2D eigenvalue weighted by Crippen LogP contribution is -2.61. The van der Waals surface area contributed by atoms with Crippen LogP contribution in [0.1, 0.15) is 40.2 Å². The average molecular weight is 546 g/mol. The van der Waals surface area contributed by atoms with Gasteiger partial charge in [-0.1, -0.05) is 44.2 Å². The van der Waals surface area contributed by atoms with E-state index in [1.54, 1.807) is 44.2 Å². The molecule has 0 saturated carbocycles. The Morgan fingerprint density at radius 1 is 0.947 bits per heavy atom. The SMILES string of the molecule is COc1ccc(S(=O)(=O)N(CC(C)C)C(=O)C(=O)C(=O)[C@@H](Cc2ccccc2)N(C(=O)[O-])C(C)(C)C)cc1. The minimum Gasteiger partial charge on any atom is -0.530 e. The van der Waals surface area contributed by atoms with Crippen molar-refractivity contribution in [2.75, 3.05) is 13.7 Å². The first kappa shape index (κ1) is 30.5. The molecule has 10 nitrogen and oxygen atoms in total. The lowest BCUT2D eigenvalue weighted by molar-refractivity contribution is -0.273. The number of ether oxygens (including phenoxy) is 1. The third-order valence-electron chi connectivity index (χ3n) is 5.63. The fourth-order valence-electron chi connectivity index (χ4n) is 3.87. The molecule has 0 aliphatic heterocycles. The van der Waals surface area contributed by atoms with E-state index in [1.165, 1.54) is 52.1 Å². The van der Waals surface area contributed by atoms with Gasteiger partial charge in [0.15, 0.2) is 0 Å². The summed E-state index contributed by atoms with van der Waals surface area (Å²) in [4.78, 5) is 52.6. The number of sulfonamides is 1. The molecule has 0 saturated heterocycles. The molecule has 206 valence electrons. The molecular formula is C27H33N2O8S-. The third kappa shape index (κ3) is 7.18. The van der Waals surface area contributed by atoms with Gasteiger partial charge in [0.1, 0.15) is 17.9 Å². The van der Waals surface area contributed by atoms with E-state index in [9.17, 15) is 32.7 Å². The van der Waals surface area contributed by atoms with Crippen molar-refractivity contribution in [1.82, 2.24) is 9.21 Å². The number of hydrogen-bond acceptors (Lipinski definition) is 8. The van der Waals surface area contributed by atoms with Crippen LogP contribution in [-0.2, 0) is 30.8 Å². The number of nitrogens with zero attached hydrogens (tertiary/aromatic N) is 2. The first-order valence-corrected chi connectivity index (χ1v) is 13.4. The zero-order valence-electron chi connectivity index (χ0n) is 22.3. The topological polar surface area (TPSA) is 141 Å². The van der Waals surface area contributed by atoms with Crippen LogP contribution in [0.25, 0.3) is 0 Å². The lowest BCUT2D eigenvalue weighted by atomic mass is 9.94. The fraction of sp³-hybridized carbons (Fsp3) is 0.407. The summed E-state index contributed by atoms with van der Waals surface area (Å²) in [6.07, 6.45) is -1.93. The van der Waals surface area contributed by atoms with Crippen LogP contribution in [0, 0.1) is 5.92 Å². The highest BCUT2D eigenvalue weighted by atomic mass is 32.2. The number of hydrogen-bond donors (Lipinski definition) is 0. The Labute approximate surface area is 223 Å². The van der Waals surface area contributed by atoms with E-state index in [1.807, 2.05) is 0 Å². The first-order valence-electron chi connectivity index (χ1n) is 11.9. The fourth-order valence-corrected chi connectivity index (χ4v) is 5.40. The van der Waals surface area contributed by atoms with Crippen LogP contribution in [-0.4, -0.2) is 66.4 Å². The molecule has 0 aliphatic rings. The highest BCUT2D eigenvalue weighted by Gasteiger charge is 2.43. The highest BCUT2D eigenvalue weighted by molar-refractivity contribution is 7.89. The molecule has 0 radical (unpaired) electrons. The van der Waals surface area contributed by atoms with Crippen molar-refractivity contribution >= 4 is 33.6 Å². The van der Waals surface area contributed by atoms with Crippen molar-refractivity contribution < 1.29 is 37.4 Å². The number of carboxylic acid groups (broad SMARTS) is 1. The first-order chi connectivity index (χ1) is 17.6. The predicted octanol–water partition coefficient (Wildman–Crippen LogP) is 2.06. The molecule has 38 heavy (non-hydrogen) atoms. The number of Topliss-reactive ketones (excluding diaryl/α,β-unsaturated/α-hetero) is 2. The molecule has 0 aliphatic carbocycles. The zero-order valence-corrected chi connectivity index (χ0v) is 23.2. The summed E-state index contributed by atoms with van der Waals surface area (Å²) in [5.41, 5.74) is -0.643. The van der Waals surface area contributed by atoms with Crippen molar-refractivity contribution in [1.29, 1.82) is 0 Å².